The molecule has 0 atom stereocenters. The highest BCUT2D eigenvalue weighted by atomic mass is 15.0. The normalized spacial score (nSPS) is 22.2. The first-order valence-electron chi connectivity index (χ1n) is 20.8. The Labute approximate surface area is 338 Å². The molecule has 58 heavy (non-hydrogen) atoms. The highest BCUT2D eigenvalue weighted by molar-refractivity contribution is 6.00. The maximum Gasteiger partial charge on any atom is 0.164 e. The van der Waals surface area contributed by atoms with Crippen molar-refractivity contribution in [3.63, 3.8) is 0 Å². The first kappa shape index (κ1) is 33.4. The summed E-state index contributed by atoms with van der Waals surface area (Å²) >= 11 is 0. The Morgan fingerprint density at radius 2 is 0.983 bits per heavy atom. The molecule has 0 amide bonds. The standard InChI is InChI=1S/C54H40N4/c55-32-41-30-50-48(31-46(41)45-20-10-16-35-11-7-8-19-44(35)45)47-29-39(21-22-49(47)54(50)42-24-33-23-34(26-42)27-43(54)25-33)38-17-9-18-40(28-38)53-57-51(36-12-3-1-4-13-36)56-52(58-53)37-14-5-2-6-15-37/h1-22,28-31,33-34,42-43H,23-27H2. The van der Waals surface area contributed by atoms with Gasteiger partial charge >= 0.3 is 0 Å². The van der Waals surface area contributed by atoms with Gasteiger partial charge in [0.05, 0.1) is 11.6 Å². The Morgan fingerprint density at radius 3 is 1.67 bits per heavy atom. The molecule has 4 fully saturated rings. The zero-order chi connectivity index (χ0) is 38.4. The van der Waals surface area contributed by atoms with Crippen molar-refractivity contribution in [3.8, 4) is 73.6 Å². The first-order valence-corrected chi connectivity index (χ1v) is 20.8. The summed E-state index contributed by atoms with van der Waals surface area (Å²) < 4.78 is 0. The molecule has 0 aliphatic heterocycles. The summed E-state index contributed by atoms with van der Waals surface area (Å²) in [5.74, 6) is 4.86. The molecule has 4 saturated carbocycles. The van der Waals surface area contributed by atoms with Crippen molar-refractivity contribution in [2.45, 2.75) is 37.5 Å². The molecule has 5 aliphatic rings. The number of benzene rings is 7. The van der Waals surface area contributed by atoms with Gasteiger partial charge in [-0.3, -0.25) is 0 Å². The molecule has 0 N–H and O–H groups in total. The first-order chi connectivity index (χ1) is 28.6. The van der Waals surface area contributed by atoms with Crippen LogP contribution < -0.4 is 0 Å². The number of fused-ring (bicyclic) bond motifs is 4. The van der Waals surface area contributed by atoms with Crippen LogP contribution in [0.5, 0.6) is 0 Å². The topological polar surface area (TPSA) is 62.5 Å². The van der Waals surface area contributed by atoms with Crippen molar-refractivity contribution in [2.24, 2.45) is 23.7 Å². The van der Waals surface area contributed by atoms with Crippen LogP contribution in [0.25, 0.3) is 78.3 Å². The summed E-state index contributed by atoms with van der Waals surface area (Å²) in [7, 11) is 0. The molecule has 1 aromatic heterocycles. The fourth-order valence-corrected chi connectivity index (χ4v) is 12.0. The van der Waals surface area contributed by atoms with Crippen molar-refractivity contribution < 1.29 is 0 Å². The lowest BCUT2D eigenvalue weighted by Crippen LogP contribution is -2.55. The zero-order valence-corrected chi connectivity index (χ0v) is 32.1. The Bertz CT molecular complexity index is 2890. The fraction of sp³-hybridized carbons (Fsp3) is 0.185. The van der Waals surface area contributed by atoms with Gasteiger partial charge in [0.15, 0.2) is 17.5 Å². The van der Waals surface area contributed by atoms with Crippen LogP contribution in [0.4, 0.5) is 0 Å². The molecule has 13 rings (SSSR count). The van der Waals surface area contributed by atoms with Crippen LogP contribution in [0, 0.1) is 35.0 Å². The molecule has 0 radical (unpaired) electrons. The maximum absolute atomic E-state index is 10.9. The summed E-state index contributed by atoms with van der Waals surface area (Å²) in [6.45, 7) is 0. The van der Waals surface area contributed by atoms with Crippen LogP contribution in [-0.4, -0.2) is 15.0 Å². The van der Waals surface area contributed by atoms with E-state index in [1.54, 1.807) is 0 Å². The van der Waals surface area contributed by atoms with E-state index in [0.717, 1.165) is 50.8 Å². The van der Waals surface area contributed by atoms with Crippen LogP contribution in [0.15, 0.2) is 158 Å². The Hall–Kier alpha value is -6.70. The molecule has 7 aromatic carbocycles. The van der Waals surface area contributed by atoms with Crippen molar-refractivity contribution in [2.75, 3.05) is 0 Å². The van der Waals surface area contributed by atoms with Crippen LogP contribution in [0.2, 0.25) is 0 Å². The molecule has 276 valence electrons. The van der Waals surface area contributed by atoms with Crippen LogP contribution >= 0.6 is 0 Å². The third-order valence-electron chi connectivity index (χ3n) is 14.1. The lowest BCUT2D eigenvalue weighted by atomic mass is 9.43. The largest absolute Gasteiger partial charge is 0.208 e. The molecule has 4 bridgehead atoms. The van der Waals surface area contributed by atoms with Gasteiger partial charge in [0, 0.05) is 27.7 Å². The predicted molar refractivity (Wildman–Crippen MR) is 232 cm³/mol. The van der Waals surface area contributed by atoms with Crippen molar-refractivity contribution >= 4 is 10.8 Å². The van der Waals surface area contributed by atoms with Crippen molar-refractivity contribution in [1.29, 1.82) is 5.26 Å². The van der Waals surface area contributed by atoms with Crippen LogP contribution in [0.1, 0.15) is 48.8 Å². The van der Waals surface area contributed by atoms with E-state index in [1.165, 1.54) is 70.7 Å². The minimum absolute atomic E-state index is 0.0477. The average Bonchev–Trinajstić information content (AvgIpc) is 3.56. The van der Waals surface area contributed by atoms with E-state index < -0.39 is 0 Å². The van der Waals surface area contributed by atoms with E-state index in [9.17, 15) is 5.26 Å². The SMILES string of the molecule is N#Cc1cc2c(cc1-c1cccc3ccccc13)-c1cc(-c3cccc(-c4nc(-c5ccccc5)nc(-c5ccccc5)n4)c3)ccc1C21C2CC3CC(C2)CC1C3. The third-order valence-corrected chi connectivity index (χ3v) is 14.1. The zero-order valence-electron chi connectivity index (χ0n) is 32.1. The number of nitriles is 1. The van der Waals surface area contributed by atoms with E-state index in [2.05, 4.69) is 103 Å². The second-order valence-corrected chi connectivity index (χ2v) is 17.1. The molecule has 8 aromatic rings. The third kappa shape index (κ3) is 5.02. The van der Waals surface area contributed by atoms with Gasteiger partial charge in [-0.2, -0.15) is 5.26 Å². The molecule has 0 saturated heterocycles. The van der Waals surface area contributed by atoms with E-state index in [0.29, 0.717) is 29.3 Å². The van der Waals surface area contributed by atoms with Crippen molar-refractivity contribution in [1.82, 2.24) is 15.0 Å². The van der Waals surface area contributed by atoms with Crippen molar-refractivity contribution in [3.05, 3.63) is 174 Å². The summed E-state index contributed by atoms with van der Waals surface area (Å²) in [4.78, 5) is 15.0. The Balaban J connectivity index is 1.03. The van der Waals surface area contributed by atoms with E-state index in [-0.39, 0.29) is 5.41 Å². The highest BCUT2D eigenvalue weighted by Crippen LogP contribution is 2.70. The van der Waals surface area contributed by atoms with Gasteiger partial charge < -0.3 is 0 Å². The fourth-order valence-electron chi connectivity index (χ4n) is 12.0. The van der Waals surface area contributed by atoms with Gasteiger partial charge in [-0.15, -0.1) is 0 Å². The molecular weight excluding hydrogens is 705 g/mol. The lowest BCUT2D eigenvalue weighted by Gasteiger charge is -2.61. The van der Waals surface area contributed by atoms with Gasteiger partial charge in [-0.25, -0.2) is 15.0 Å². The minimum Gasteiger partial charge on any atom is -0.208 e. The predicted octanol–water partition coefficient (Wildman–Crippen LogP) is 13.0. The second-order valence-electron chi connectivity index (χ2n) is 17.1. The van der Waals surface area contributed by atoms with Gasteiger partial charge in [0.25, 0.3) is 0 Å². The Morgan fingerprint density at radius 1 is 0.431 bits per heavy atom. The Kier molecular flexibility index (Phi) is 7.45. The van der Waals surface area contributed by atoms with E-state index >= 15 is 0 Å². The maximum atomic E-state index is 10.9. The monoisotopic (exact) mass is 744 g/mol. The van der Waals surface area contributed by atoms with Gasteiger partial charge in [0.2, 0.25) is 0 Å². The van der Waals surface area contributed by atoms with Gasteiger partial charge in [-0.1, -0.05) is 133 Å². The molecular formula is C54H40N4. The molecule has 0 unspecified atom stereocenters. The number of hydrogen-bond donors (Lipinski definition) is 0. The van der Waals surface area contributed by atoms with Crippen LogP contribution in [0.3, 0.4) is 0 Å². The molecule has 5 aliphatic carbocycles. The lowest BCUT2D eigenvalue weighted by molar-refractivity contribution is -0.0399. The second kappa shape index (κ2) is 12.9. The smallest absolute Gasteiger partial charge is 0.164 e. The number of nitrogens with zero attached hydrogens (tertiary/aromatic N) is 4. The highest BCUT2D eigenvalue weighted by Gasteiger charge is 2.61. The minimum atomic E-state index is -0.0477. The molecule has 4 nitrogen and oxygen atoms in total. The van der Waals surface area contributed by atoms with Gasteiger partial charge in [0.1, 0.15) is 0 Å². The molecule has 1 spiro atoms. The molecule has 4 heteroatoms. The summed E-state index contributed by atoms with van der Waals surface area (Å²) in [5.41, 5.74) is 13.5. The van der Waals surface area contributed by atoms with Crippen LogP contribution in [-0.2, 0) is 5.41 Å². The number of aromatic nitrogens is 3. The van der Waals surface area contributed by atoms with E-state index in [1.807, 2.05) is 60.7 Å². The number of hydrogen-bond acceptors (Lipinski definition) is 4. The molecule has 1 heterocycles. The van der Waals surface area contributed by atoms with Gasteiger partial charge in [-0.05, 0) is 130 Å². The average molecular weight is 745 g/mol. The number of rotatable bonds is 5. The summed E-state index contributed by atoms with van der Waals surface area (Å²) in [5, 5.41) is 13.2. The quantitative estimate of drug-likeness (QED) is 0.176. The summed E-state index contributed by atoms with van der Waals surface area (Å²) in [6.07, 6.45) is 6.59. The summed E-state index contributed by atoms with van der Waals surface area (Å²) in [6, 6.07) is 58.7. The van der Waals surface area contributed by atoms with E-state index in [4.69, 9.17) is 15.0 Å².